The topological polar surface area (TPSA) is 108 Å². The van der Waals surface area contributed by atoms with Crippen molar-refractivity contribution in [3.8, 4) is 10.6 Å². The van der Waals surface area contributed by atoms with Gasteiger partial charge in [-0.3, -0.25) is 4.99 Å². The number of aromatic nitrogens is 2. The molecule has 0 radical (unpaired) electrons. The van der Waals surface area contributed by atoms with Crippen LogP contribution in [0, 0.1) is 0 Å². The predicted molar refractivity (Wildman–Crippen MR) is 126 cm³/mol. The lowest BCUT2D eigenvalue weighted by Gasteiger charge is -2.27. The monoisotopic (exact) mass is 507 g/mol. The summed E-state index contributed by atoms with van der Waals surface area (Å²) in [6, 6.07) is 13.5. The Morgan fingerprint density at radius 2 is 1.55 bits per heavy atom. The third-order valence-corrected chi connectivity index (χ3v) is 8.78. The van der Waals surface area contributed by atoms with Gasteiger partial charge in [-0.25, -0.2) is 21.5 Å². The Kier molecular flexibility index (Phi) is 6.59. The molecule has 8 nitrogen and oxygen atoms in total. The first-order chi connectivity index (χ1) is 15.5. The van der Waals surface area contributed by atoms with Crippen LogP contribution in [0.1, 0.15) is 24.5 Å². The molecule has 0 spiro atoms. The highest BCUT2D eigenvalue weighted by Gasteiger charge is 2.24. The molecule has 0 amide bonds. The Labute approximate surface area is 197 Å². The Balaban J connectivity index is 1.54. The van der Waals surface area contributed by atoms with E-state index in [0.29, 0.717) is 13.0 Å². The maximum absolute atomic E-state index is 11.7. The van der Waals surface area contributed by atoms with E-state index in [1.54, 1.807) is 53.2 Å². The summed E-state index contributed by atoms with van der Waals surface area (Å²) in [6.07, 6.45) is 3.70. The van der Waals surface area contributed by atoms with Gasteiger partial charge in [0.25, 0.3) is 0 Å². The van der Waals surface area contributed by atoms with Crippen LogP contribution in [-0.2, 0) is 31.5 Å². The van der Waals surface area contributed by atoms with E-state index in [1.807, 2.05) is 7.05 Å². The van der Waals surface area contributed by atoms with Crippen molar-refractivity contribution in [1.82, 2.24) is 9.78 Å². The summed E-state index contributed by atoms with van der Waals surface area (Å²) in [7, 11) is -4.64. The zero-order chi connectivity index (χ0) is 23.8. The molecule has 3 aromatic rings. The minimum Gasteiger partial charge on any atom is -0.373 e. The van der Waals surface area contributed by atoms with Crippen molar-refractivity contribution < 1.29 is 21.6 Å². The van der Waals surface area contributed by atoms with Crippen LogP contribution in [0.3, 0.4) is 0 Å². The second-order valence-electron chi connectivity index (χ2n) is 8.12. The van der Waals surface area contributed by atoms with Gasteiger partial charge in [-0.1, -0.05) is 35.6 Å². The molecule has 2 heterocycles. The van der Waals surface area contributed by atoms with Crippen molar-refractivity contribution in [2.45, 2.75) is 34.8 Å². The number of rotatable bonds is 5. The van der Waals surface area contributed by atoms with E-state index in [1.165, 1.54) is 23.8 Å². The zero-order valence-corrected chi connectivity index (χ0v) is 21.0. The third kappa shape index (κ3) is 5.60. The quantitative estimate of drug-likeness (QED) is 0.526. The minimum atomic E-state index is -3.24. The van der Waals surface area contributed by atoms with Crippen molar-refractivity contribution in [3.63, 3.8) is 0 Å². The fourth-order valence-corrected chi connectivity index (χ4v) is 5.86. The number of hydrogen-bond acceptors (Lipinski definition) is 8. The summed E-state index contributed by atoms with van der Waals surface area (Å²) in [5, 5.41) is 5.31. The molecule has 2 unspecified atom stereocenters. The molecule has 0 aliphatic carbocycles. The molecule has 2 atom stereocenters. The van der Waals surface area contributed by atoms with Crippen LogP contribution >= 0.6 is 11.3 Å². The van der Waals surface area contributed by atoms with Crippen molar-refractivity contribution in [2.24, 2.45) is 12.0 Å². The summed E-state index contributed by atoms with van der Waals surface area (Å²) >= 11 is 1.45. The Hall–Kier alpha value is -2.34. The lowest BCUT2D eigenvalue weighted by Crippen LogP contribution is -2.25. The first-order valence-electron chi connectivity index (χ1n) is 10.3. The van der Waals surface area contributed by atoms with Crippen molar-refractivity contribution in [3.05, 3.63) is 58.9 Å². The van der Waals surface area contributed by atoms with Crippen molar-refractivity contribution >= 4 is 31.0 Å². The number of benzene rings is 2. The highest BCUT2D eigenvalue weighted by molar-refractivity contribution is 7.91. The number of nitrogens with zero attached hydrogens (tertiary/aromatic N) is 3. The molecule has 0 saturated carbocycles. The number of ether oxygens (including phenoxy) is 1. The van der Waals surface area contributed by atoms with Gasteiger partial charge >= 0.3 is 0 Å². The van der Waals surface area contributed by atoms with E-state index in [-0.39, 0.29) is 21.9 Å². The highest BCUT2D eigenvalue weighted by atomic mass is 32.2. The normalized spacial score (nSPS) is 20.2. The predicted octanol–water partition coefficient (Wildman–Crippen LogP) is 2.78. The summed E-state index contributed by atoms with van der Waals surface area (Å²) in [5.74, 6) is 0. The summed E-state index contributed by atoms with van der Waals surface area (Å²) in [5.41, 5.74) is 1.77. The first-order valence-corrected chi connectivity index (χ1v) is 14.9. The lowest BCUT2D eigenvalue weighted by atomic mass is 9.98. The van der Waals surface area contributed by atoms with E-state index in [2.05, 4.69) is 5.10 Å². The summed E-state index contributed by atoms with van der Waals surface area (Å²) in [6.45, 7) is 0.564. The Morgan fingerprint density at radius 1 is 0.970 bits per heavy atom. The Morgan fingerprint density at radius 3 is 2.12 bits per heavy atom. The van der Waals surface area contributed by atoms with Crippen molar-refractivity contribution in [1.29, 1.82) is 0 Å². The van der Waals surface area contributed by atoms with Gasteiger partial charge in [-0.15, -0.1) is 0 Å². The third-order valence-electron chi connectivity index (χ3n) is 5.46. The van der Waals surface area contributed by atoms with E-state index < -0.39 is 19.7 Å². The minimum absolute atomic E-state index is 0.0467. The lowest BCUT2D eigenvalue weighted by molar-refractivity contribution is 0.00639. The molecular weight excluding hydrogens is 482 g/mol. The molecule has 33 heavy (non-hydrogen) atoms. The molecule has 176 valence electrons. The van der Waals surface area contributed by atoms with Crippen LogP contribution in [0.2, 0.25) is 0 Å². The molecule has 1 aromatic heterocycles. The van der Waals surface area contributed by atoms with Gasteiger partial charge in [0, 0.05) is 38.2 Å². The maximum Gasteiger partial charge on any atom is 0.203 e. The molecule has 11 heteroatoms. The van der Waals surface area contributed by atoms with E-state index in [9.17, 15) is 16.8 Å². The standard InChI is InChI=1S/C22H25N3O5S3/c1-25-22(31-21(24-25)16-6-10-19(11-7-16)33(3,28)29)23-17-12-13-30-20(14-17)15-4-8-18(9-5-15)32(2,26)27/h4-11,17,20H,12-14H2,1-3H3. The fraction of sp³-hybridized carbons (Fsp3) is 0.364. The SMILES string of the molecule is Cn1nc(-c2ccc(S(C)(=O)=O)cc2)sc1=NC1CCOC(c2ccc(S(C)(=O)=O)cc2)C1. The second-order valence-corrected chi connectivity index (χ2v) is 13.1. The van der Waals surface area contributed by atoms with Crippen LogP contribution < -0.4 is 4.80 Å². The zero-order valence-electron chi connectivity index (χ0n) is 18.5. The molecule has 4 rings (SSSR count). The Bertz CT molecular complexity index is 1420. The molecule has 1 saturated heterocycles. The average Bonchev–Trinajstić information content (AvgIpc) is 3.13. The number of aryl methyl sites for hydroxylation is 1. The second kappa shape index (κ2) is 9.13. The van der Waals surface area contributed by atoms with Crippen LogP contribution in [0.15, 0.2) is 63.3 Å². The molecule has 1 aliphatic rings. The summed E-state index contributed by atoms with van der Waals surface area (Å²) in [4.78, 5) is 6.24. The molecule has 0 bridgehead atoms. The van der Waals surface area contributed by atoms with Crippen molar-refractivity contribution in [2.75, 3.05) is 19.1 Å². The molecule has 1 fully saturated rings. The smallest absolute Gasteiger partial charge is 0.203 e. The van der Waals surface area contributed by atoms with Gasteiger partial charge in [-0.2, -0.15) is 5.10 Å². The molecular formula is C22H25N3O5S3. The molecule has 0 N–H and O–H groups in total. The molecule has 1 aliphatic heterocycles. The largest absolute Gasteiger partial charge is 0.373 e. The van der Waals surface area contributed by atoms with Gasteiger partial charge < -0.3 is 4.74 Å². The van der Waals surface area contributed by atoms with E-state index in [0.717, 1.165) is 27.4 Å². The van der Waals surface area contributed by atoms with Gasteiger partial charge in [-0.05, 0) is 36.2 Å². The average molecular weight is 508 g/mol. The van der Waals surface area contributed by atoms with Gasteiger partial charge in [0.05, 0.1) is 21.9 Å². The van der Waals surface area contributed by atoms with Gasteiger partial charge in [0.15, 0.2) is 19.7 Å². The van der Waals surface area contributed by atoms with Gasteiger partial charge in [0.1, 0.15) is 5.01 Å². The van der Waals surface area contributed by atoms with Crippen LogP contribution in [0.25, 0.3) is 10.6 Å². The van der Waals surface area contributed by atoms with Gasteiger partial charge in [0.2, 0.25) is 4.80 Å². The maximum atomic E-state index is 11.7. The fourth-order valence-electron chi connectivity index (χ4n) is 3.64. The van der Waals surface area contributed by atoms with Crippen LogP contribution in [-0.4, -0.2) is 51.8 Å². The number of hydrogen-bond donors (Lipinski definition) is 0. The molecule has 2 aromatic carbocycles. The summed E-state index contributed by atoms with van der Waals surface area (Å²) < 4.78 is 54.4. The van der Waals surface area contributed by atoms with E-state index in [4.69, 9.17) is 9.73 Å². The number of sulfone groups is 2. The van der Waals surface area contributed by atoms with E-state index >= 15 is 0 Å². The van der Waals surface area contributed by atoms with Crippen LogP contribution in [0.4, 0.5) is 0 Å². The van der Waals surface area contributed by atoms with Crippen LogP contribution in [0.5, 0.6) is 0 Å². The highest BCUT2D eigenvalue weighted by Crippen LogP contribution is 2.30. The first kappa shape index (κ1) is 23.8.